The molecule has 1 aliphatic heterocycles. The van der Waals surface area contributed by atoms with E-state index in [9.17, 15) is 10.0 Å². The molecule has 0 amide bonds. The Labute approximate surface area is 138 Å². The van der Waals surface area contributed by atoms with Gasteiger partial charge in [0.25, 0.3) is 11.8 Å². The highest BCUT2D eigenvalue weighted by Crippen LogP contribution is 2.34. The van der Waals surface area contributed by atoms with Crippen molar-refractivity contribution in [3.63, 3.8) is 0 Å². The van der Waals surface area contributed by atoms with Gasteiger partial charge in [-0.1, -0.05) is 18.5 Å². The molecule has 0 bridgehead atoms. The van der Waals surface area contributed by atoms with Crippen LogP contribution in [0.5, 0.6) is 11.8 Å². The molecule has 8 heteroatoms. The first-order chi connectivity index (χ1) is 11.0. The van der Waals surface area contributed by atoms with E-state index in [1.807, 2.05) is 13.0 Å². The van der Waals surface area contributed by atoms with Crippen LogP contribution < -0.4 is 10.2 Å². The van der Waals surface area contributed by atoms with Gasteiger partial charge in [0.2, 0.25) is 0 Å². The number of nitrogens with zero attached hydrogens (tertiary/aromatic N) is 3. The minimum Gasteiger partial charge on any atom is -0.489 e. The van der Waals surface area contributed by atoms with E-state index >= 15 is 0 Å². The summed E-state index contributed by atoms with van der Waals surface area (Å²) >= 11 is 4.61. The molecule has 0 aliphatic carbocycles. The first-order valence-corrected chi connectivity index (χ1v) is 7.42. The minimum atomic E-state index is -0.308. The molecule has 6 nitrogen and oxygen atoms in total. The van der Waals surface area contributed by atoms with Gasteiger partial charge >= 0.3 is 0 Å². The molecular weight excluding hydrogens is 313 g/mol. The van der Waals surface area contributed by atoms with Gasteiger partial charge in [-0.05, 0) is 23.7 Å². The van der Waals surface area contributed by atoms with Crippen LogP contribution in [0.4, 0.5) is 0 Å². The molecule has 0 radical (unpaired) electrons. The minimum absolute atomic E-state index is 0.0599. The smallest absolute Gasteiger partial charge is 0.278 e. The number of aromatic nitrogens is 2. The Balaban J connectivity index is 2.46. The third-order valence-electron chi connectivity index (χ3n) is 3.76. The number of hydrogen-bond acceptors (Lipinski definition) is 7. The monoisotopic (exact) mass is 327 g/mol. The number of aromatic hydroxyl groups is 1. The van der Waals surface area contributed by atoms with Crippen LogP contribution in [0.3, 0.4) is 0 Å². The SMILES string of the molecule is COc1nc2c3c(c(S)c(/C=C(\C)N=O)c2nc1O)BC(C)=C3. The molecule has 1 aliphatic rings. The maximum Gasteiger partial charge on any atom is 0.278 e. The molecule has 0 saturated carbocycles. The van der Waals surface area contributed by atoms with Crippen molar-refractivity contribution in [2.45, 2.75) is 18.7 Å². The van der Waals surface area contributed by atoms with Crippen LogP contribution in [-0.2, 0) is 0 Å². The fourth-order valence-corrected chi connectivity index (χ4v) is 3.12. The normalized spacial score (nSPS) is 13.6. The number of hydrogen-bond donors (Lipinski definition) is 2. The summed E-state index contributed by atoms with van der Waals surface area (Å²) < 4.78 is 5.06. The number of methoxy groups -OCH3 is 1. The van der Waals surface area contributed by atoms with Crippen LogP contribution in [0.2, 0.25) is 0 Å². The van der Waals surface area contributed by atoms with Crippen molar-refractivity contribution in [3.8, 4) is 11.8 Å². The van der Waals surface area contributed by atoms with Gasteiger partial charge < -0.3 is 9.84 Å². The van der Waals surface area contributed by atoms with E-state index < -0.39 is 0 Å². The largest absolute Gasteiger partial charge is 0.489 e. The zero-order chi connectivity index (χ0) is 16.7. The molecule has 1 aromatic carbocycles. The molecule has 1 N–H and O–H groups in total. The van der Waals surface area contributed by atoms with E-state index in [-0.39, 0.29) is 11.8 Å². The maximum absolute atomic E-state index is 10.8. The molecule has 116 valence electrons. The summed E-state index contributed by atoms with van der Waals surface area (Å²) in [5.74, 6) is -0.248. The summed E-state index contributed by atoms with van der Waals surface area (Å²) in [6, 6.07) is 0. The zero-order valence-corrected chi connectivity index (χ0v) is 13.8. The first kappa shape index (κ1) is 15.5. The Morgan fingerprint density at radius 1 is 1.43 bits per heavy atom. The van der Waals surface area contributed by atoms with Crippen molar-refractivity contribution in [1.82, 2.24) is 9.97 Å². The summed E-state index contributed by atoms with van der Waals surface area (Å²) in [6.07, 6.45) is 3.63. The van der Waals surface area contributed by atoms with Crippen molar-refractivity contribution in [2.24, 2.45) is 5.18 Å². The second-order valence-electron chi connectivity index (χ2n) is 5.45. The Kier molecular flexibility index (Phi) is 3.85. The van der Waals surface area contributed by atoms with Gasteiger partial charge in [-0.3, -0.25) is 0 Å². The van der Waals surface area contributed by atoms with Crippen LogP contribution in [0.15, 0.2) is 21.2 Å². The summed E-state index contributed by atoms with van der Waals surface area (Å²) in [5, 5.41) is 12.9. The molecule has 0 unspecified atom stereocenters. The molecule has 1 aromatic heterocycles. The number of nitroso groups, excluding NO2 is 1. The molecule has 23 heavy (non-hydrogen) atoms. The third-order valence-corrected chi connectivity index (χ3v) is 4.27. The standard InChI is InChI=1S/C15H14BN3O3S/c1-6-4-8-10(16-6)13(23)9(5-7(2)19-21)12-11(8)18-15(22-3)14(20)17-12/h4-5,16,23H,1-3H3,(H,17,20)/b7-5+. The summed E-state index contributed by atoms with van der Waals surface area (Å²) in [6.45, 7) is 3.62. The third kappa shape index (κ3) is 2.48. The zero-order valence-electron chi connectivity index (χ0n) is 12.9. The van der Waals surface area contributed by atoms with Crippen molar-refractivity contribution in [1.29, 1.82) is 0 Å². The molecule has 0 spiro atoms. The Morgan fingerprint density at radius 3 is 2.83 bits per heavy atom. The Morgan fingerprint density at radius 2 is 2.17 bits per heavy atom. The van der Waals surface area contributed by atoms with Crippen molar-refractivity contribution in [3.05, 3.63) is 27.2 Å². The fraction of sp³-hybridized carbons (Fsp3) is 0.200. The van der Waals surface area contributed by atoms with E-state index in [1.54, 1.807) is 13.0 Å². The number of thiol groups is 1. The highest BCUT2D eigenvalue weighted by Gasteiger charge is 2.24. The lowest BCUT2D eigenvalue weighted by Gasteiger charge is -2.13. The van der Waals surface area contributed by atoms with Crippen LogP contribution in [0, 0.1) is 4.91 Å². The highest BCUT2D eigenvalue weighted by atomic mass is 32.1. The number of rotatable bonds is 3. The number of ether oxygens (including phenoxy) is 1. The molecule has 0 saturated heterocycles. The van der Waals surface area contributed by atoms with Crippen LogP contribution in [-0.4, -0.2) is 29.5 Å². The first-order valence-electron chi connectivity index (χ1n) is 6.97. The van der Waals surface area contributed by atoms with Crippen LogP contribution in [0.1, 0.15) is 25.0 Å². The lowest BCUT2D eigenvalue weighted by Crippen LogP contribution is -2.18. The topological polar surface area (TPSA) is 84.7 Å². The second kappa shape index (κ2) is 5.70. The van der Waals surface area contributed by atoms with Crippen LogP contribution >= 0.6 is 12.6 Å². The van der Waals surface area contributed by atoms with E-state index in [4.69, 9.17) is 4.74 Å². The van der Waals surface area contributed by atoms with Crippen molar-refractivity contribution in [2.75, 3.05) is 7.11 Å². The molecule has 2 heterocycles. The number of benzene rings is 1. The number of fused-ring (bicyclic) bond motifs is 3. The predicted molar refractivity (Wildman–Crippen MR) is 94.9 cm³/mol. The lowest BCUT2D eigenvalue weighted by molar-refractivity contribution is 0.351. The second-order valence-corrected chi connectivity index (χ2v) is 5.90. The summed E-state index contributed by atoms with van der Waals surface area (Å²) in [7, 11) is 2.18. The molecule has 0 fully saturated rings. The fourth-order valence-electron chi connectivity index (χ4n) is 2.75. The highest BCUT2D eigenvalue weighted by molar-refractivity contribution is 7.80. The van der Waals surface area contributed by atoms with Gasteiger partial charge in [0.15, 0.2) is 7.28 Å². The van der Waals surface area contributed by atoms with Gasteiger partial charge in [0, 0.05) is 10.5 Å². The van der Waals surface area contributed by atoms with E-state index in [0.29, 0.717) is 27.2 Å². The van der Waals surface area contributed by atoms with Crippen LogP contribution in [0.25, 0.3) is 23.2 Å². The molecular formula is C15H14BN3O3S. The Bertz CT molecular complexity index is 909. The lowest BCUT2D eigenvalue weighted by atomic mass is 9.67. The summed E-state index contributed by atoms with van der Waals surface area (Å²) in [4.78, 5) is 20.0. The van der Waals surface area contributed by atoms with E-state index in [1.165, 1.54) is 12.6 Å². The average Bonchev–Trinajstić information content (AvgIpc) is 2.92. The Hall–Kier alpha value is -2.35. The van der Waals surface area contributed by atoms with E-state index in [0.717, 1.165) is 18.3 Å². The average molecular weight is 327 g/mol. The molecule has 2 aromatic rings. The van der Waals surface area contributed by atoms with E-state index in [2.05, 4.69) is 27.8 Å². The quantitative estimate of drug-likeness (QED) is 0.513. The van der Waals surface area contributed by atoms with Gasteiger partial charge in [0.05, 0.1) is 12.8 Å². The number of allylic oxidation sites excluding steroid dienone is 2. The van der Waals surface area contributed by atoms with Crippen molar-refractivity contribution < 1.29 is 9.84 Å². The van der Waals surface area contributed by atoms with Gasteiger partial charge in [-0.2, -0.15) is 0 Å². The molecule has 0 atom stereocenters. The van der Waals surface area contributed by atoms with Gasteiger partial charge in [-0.25, -0.2) is 9.97 Å². The van der Waals surface area contributed by atoms with Crippen molar-refractivity contribution >= 4 is 48.6 Å². The maximum atomic E-state index is 10.8. The summed E-state index contributed by atoms with van der Waals surface area (Å²) in [5.41, 5.74) is 5.09. The van der Waals surface area contributed by atoms with Gasteiger partial charge in [0.1, 0.15) is 11.0 Å². The predicted octanol–water partition coefficient (Wildman–Crippen LogP) is 2.20. The molecule has 3 rings (SSSR count). The van der Waals surface area contributed by atoms with Gasteiger partial charge in [-0.15, -0.1) is 23.0 Å².